The molecule has 0 aliphatic rings. The van der Waals surface area contributed by atoms with Crippen LogP contribution in [0.25, 0.3) is 17.2 Å². The molecule has 0 radical (unpaired) electrons. The molecule has 1 aromatic heterocycles. The second kappa shape index (κ2) is 5.23. The molecule has 3 nitrogen and oxygen atoms in total. The molecule has 1 aromatic carbocycles. The third-order valence-corrected chi connectivity index (χ3v) is 2.41. The fourth-order valence-corrected chi connectivity index (χ4v) is 1.62. The minimum atomic E-state index is -1.04. The number of carboxylic acid groups (broad SMARTS) is 1. The highest BCUT2D eigenvalue weighted by atomic mass is 19.1. The number of benzene rings is 1. The highest BCUT2D eigenvalue weighted by Gasteiger charge is 2.04. The van der Waals surface area contributed by atoms with Crippen LogP contribution in [0.5, 0.6) is 0 Å². The average molecular weight is 243 g/mol. The first kappa shape index (κ1) is 12.0. The van der Waals surface area contributed by atoms with Gasteiger partial charge < -0.3 is 5.11 Å². The van der Waals surface area contributed by atoms with E-state index in [9.17, 15) is 9.18 Å². The molecule has 0 saturated carbocycles. The number of halogens is 1. The van der Waals surface area contributed by atoms with Crippen molar-refractivity contribution in [2.75, 3.05) is 0 Å². The molecule has 2 rings (SSSR count). The van der Waals surface area contributed by atoms with E-state index in [0.717, 1.165) is 11.6 Å². The number of rotatable bonds is 3. The Kier molecular flexibility index (Phi) is 3.48. The summed E-state index contributed by atoms with van der Waals surface area (Å²) in [5.41, 5.74) is 2.06. The van der Waals surface area contributed by atoms with Gasteiger partial charge in [0, 0.05) is 18.5 Å². The van der Waals surface area contributed by atoms with E-state index in [1.807, 2.05) is 0 Å². The Morgan fingerprint density at radius 2 is 1.94 bits per heavy atom. The van der Waals surface area contributed by atoms with Crippen molar-refractivity contribution < 1.29 is 14.3 Å². The lowest BCUT2D eigenvalue weighted by atomic mass is 10.00. The Morgan fingerprint density at radius 1 is 1.22 bits per heavy atom. The molecule has 4 heteroatoms. The summed E-state index contributed by atoms with van der Waals surface area (Å²) in [4.78, 5) is 14.4. The van der Waals surface area contributed by atoms with Gasteiger partial charge in [-0.1, -0.05) is 6.07 Å². The second-order valence-corrected chi connectivity index (χ2v) is 3.64. The number of hydrogen-bond acceptors (Lipinski definition) is 2. The quantitative estimate of drug-likeness (QED) is 0.843. The summed E-state index contributed by atoms with van der Waals surface area (Å²) < 4.78 is 13.3. The highest BCUT2D eigenvalue weighted by Crippen LogP contribution is 2.25. The van der Waals surface area contributed by atoms with Crippen molar-refractivity contribution in [3.8, 4) is 11.1 Å². The van der Waals surface area contributed by atoms with Gasteiger partial charge in [-0.15, -0.1) is 0 Å². The third kappa shape index (κ3) is 2.79. The maximum atomic E-state index is 13.3. The second-order valence-electron chi connectivity index (χ2n) is 3.64. The molecule has 0 aliphatic heterocycles. The summed E-state index contributed by atoms with van der Waals surface area (Å²) >= 11 is 0. The standard InChI is InChI=1S/C14H10FNO2/c15-12-3-1-10(2-4-14(17)18)13(9-12)11-5-7-16-8-6-11/h1-9H,(H,17,18). The van der Waals surface area contributed by atoms with E-state index in [4.69, 9.17) is 5.11 Å². The molecule has 2 aromatic rings. The Bertz CT molecular complexity index is 594. The molecular formula is C14H10FNO2. The third-order valence-electron chi connectivity index (χ3n) is 2.41. The summed E-state index contributed by atoms with van der Waals surface area (Å²) in [7, 11) is 0. The summed E-state index contributed by atoms with van der Waals surface area (Å²) in [6.07, 6.45) is 5.67. The molecule has 1 heterocycles. The van der Waals surface area contributed by atoms with Gasteiger partial charge in [-0.2, -0.15) is 0 Å². The van der Waals surface area contributed by atoms with Crippen molar-refractivity contribution >= 4 is 12.0 Å². The minimum absolute atomic E-state index is 0.366. The Hall–Kier alpha value is -2.49. The molecule has 90 valence electrons. The van der Waals surface area contributed by atoms with Gasteiger partial charge in [0.25, 0.3) is 0 Å². The fraction of sp³-hybridized carbons (Fsp3) is 0. The van der Waals surface area contributed by atoms with E-state index in [1.54, 1.807) is 30.6 Å². The zero-order chi connectivity index (χ0) is 13.0. The maximum Gasteiger partial charge on any atom is 0.328 e. The summed E-state index contributed by atoms with van der Waals surface area (Å²) in [5, 5.41) is 8.62. The van der Waals surface area contributed by atoms with Crippen LogP contribution in [0.15, 0.2) is 48.8 Å². The lowest BCUT2D eigenvalue weighted by Crippen LogP contribution is -1.89. The van der Waals surface area contributed by atoms with Crippen LogP contribution in [0, 0.1) is 5.82 Å². The van der Waals surface area contributed by atoms with Crippen molar-refractivity contribution in [2.45, 2.75) is 0 Å². The molecule has 0 spiro atoms. The van der Waals surface area contributed by atoms with Crippen LogP contribution in [-0.2, 0) is 4.79 Å². The molecule has 0 bridgehead atoms. The smallest absolute Gasteiger partial charge is 0.328 e. The number of nitrogens with zero attached hydrogens (tertiary/aromatic N) is 1. The van der Waals surface area contributed by atoms with Crippen LogP contribution in [0.4, 0.5) is 4.39 Å². The van der Waals surface area contributed by atoms with Crippen LogP contribution in [0.2, 0.25) is 0 Å². The summed E-state index contributed by atoms with van der Waals surface area (Å²) in [5.74, 6) is -1.41. The van der Waals surface area contributed by atoms with Gasteiger partial charge in [0.2, 0.25) is 0 Å². The van der Waals surface area contributed by atoms with E-state index < -0.39 is 5.97 Å². The number of aromatic nitrogens is 1. The Balaban J connectivity index is 2.51. The topological polar surface area (TPSA) is 50.2 Å². The van der Waals surface area contributed by atoms with Crippen LogP contribution in [0.3, 0.4) is 0 Å². The zero-order valence-electron chi connectivity index (χ0n) is 9.38. The molecule has 1 N–H and O–H groups in total. The highest BCUT2D eigenvalue weighted by molar-refractivity contribution is 5.87. The van der Waals surface area contributed by atoms with E-state index in [0.29, 0.717) is 11.1 Å². The first-order chi connectivity index (χ1) is 8.66. The van der Waals surface area contributed by atoms with Crippen LogP contribution < -0.4 is 0 Å². The van der Waals surface area contributed by atoms with Gasteiger partial charge in [-0.25, -0.2) is 9.18 Å². The SMILES string of the molecule is O=C(O)C=Cc1ccc(F)cc1-c1ccncc1. The largest absolute Gasteiger partial charge is 0.478 e. The van der Waals surface area contributed by atoms with Crippen molar-refractivity contribution in [1.29, 1.82) is 0 Å². The number of hydrogen-bond donors (Lipinski definition) is 1. The van der Waals surface area contributed by atoms with Crippen LogP contribution in [0.1, 0.15) is 5.56 Å². The van der Waals surface area contributed by atoms with Gasteiger partial charge in [0.1, 0.15) is 5.82 Å². The molecular weight excluding hydrogens is 233 g/mol. The number of pyridine rings is 1. The number of aliphatic carboxylic acids is 1. The van der Waals surface area contributed by atoms with Gasteiger partial charge in [-0.05, 0) is 47.0 Å². The normalized spacial score (nSPS) is 10.7. The molecule has 0 unspecified atom stereocenters. The van der Waals surface area contributed by atoms with Gasteiger partial charge in [0.05, 0.1) is 0 Å². The number of carbonyl (C=O) groups is 1. The maximum absolute atomic E-state index is 13.3. The lowest BCUT2D eigenvalue weighted by molar-refractivity contribution is -0.131. The van der Waals surface area contributed by atoms with E-state index in [2.05, 4.69) is 4.98 Å². The summed E-state index contributed by atoms with van der Waals surface area (Å²) in [6, 6.07) is 7.70. The molecule has 0 atom stereocenters. The Labute approximate surface area is 103 Å². The molecule has 18 heavy (non-hydrogen) atoms. The monoisotopic (exact) mass is 243 g/mol. The van der Waals surface area contributed by atoms with Gasteiger partial charge in [0.15, 0.2) is 0 Å². The van der Waals surface area contributed by atoms with E-state index in [-0.39, 0.29) is 5.82 Å². The molecule has 0 aliphatic carbocycles. The molecule has 0 saturated heterocycles. The molecule has 0 fully saturated rings. The first-order valence-electron chi connectivity index (χ1n) is 5.28. The van der Waals surface area contributed by atoms with Crippen LogP contribution in [-0.4, -0.2) is 16.1 Å². The van der Waals surface area contributed by atoms with Crippen molar-refractivity contribution in [1.82, 2.24) is 4.98 Å². The zero-order valence-corrected chi connectivity index (χ0v) is 9.38. The molecule has 0 amide bonds. The van der Waals surface area contributed by atoms with E-state index >= 15 is 0 Å². The van der Waals surface area contributed by atoms with E-state index in [1.165, 1.54) is 18.2 Å². The summed E-state index contributed by atoms with van der Waals surface area (Å²) in [6.45, 7) is 0. The lowest BCUT2D eigenvalue weighted by Gasteiger charge is -2.06. The van der Waals surface area contributed by atoms with Crippen molar-refractivity contribution in [2.24, 2.45) is 0 Å². The van der Waals surface area contributed by atoms with Crippen LogP contribution >= 0.6 is 0 Å². The predicted octanol–water partition coefficient (Wildman–Crippen LogP) is 2.99. The Morgan fingerprint density at radius 3 is 2.61 bits per heavy atom. The predicted molar refractivity (Wildman–Crippen MR) is 66.3 cm³/mol. The van der Waals surface area contributed by atoms with Crippen molar-refractivity contribution in [3.63, 3.8) is 0 Å². The van der Waals surface area contributed by atoms with Crippen molar-refractivity contribution in [3.05, 3.63) is 60.2 Å². The average Bonchev–Trinajstić information content (AvgIpc) is 2.38. The number of carboxylic acids is 1. The minimum Gasteiger partial charge on any atom is -0.478 e. The first-order valence-corrected chi connectivity index (χ1v) is 5.28. The van der Waals surface area contributed by atoms with Gasteiger partial charge >= 0.3 is 5.97 Å². The fourth-order valence-electron chi connectivity index (χ4n) is 1.62. The van der Waals surface area contributed by atoms with Gasteiger partial charge in [-0.3, -0.25) is 4.98 Å².